The molecule has 3 aromatic rings. The van der Waals surface area contributed by atoms with Crippen LogP contribution >= 0.6 is 27.5 Å². The van der Waals surface area contributed by atoms with Crippen molar-refractivity contribution in [2.24, 2.45) is 5.10 Å². The third-order valence-corrected chi connectivity index (χ3v) is 4.54. The van der Waals surface area contributed by atoms with Crippen LogP contribution in [0.3, 0.4) is 0 Å². The van der Waals surface area contributed by atoms with E-state index in [0.717, 1.165) is 0 Å². The van der Waals surface area contributed by atoms with Gasteiger partial charge in [0.05, 0.1) is 17.0 Å². The minimum Gasteiger partial charge on any atom is -0.483 e. The Bertz CT molecular complexity index is 1100. The van der Waals surface area contributed by atoms with Gasteiger partial charge in [-0.15, -0.1) is 0 Å². The van der Waals surface area contributed by atoms with Crippen molar-refractivity contribution in [2.45, 2.75) is 0 Å². The zero-order valence-electron chi connectivity index (χ0n) is 16.0. The summed E-state index contributed by atoms with van der Waals surface area (Å²) in [7, 11) is 0. The number of furan rings is 1. The zero-order chi connectivity index (χ0) is 22.1. The first-order valence-corrected chi connectivity index (χ1v) is 10.1. The first-order valence-electron chi connectivity index (χ1n) is 8.93. The number of nitrogens with one attached hydrogen (secondary N) is 1. The molecule has 2 aromatic carbocycles. The largest absolute Gasteiger partial charge is 0.483 e. The number of hydrogen-bond donors (Lipinski definition) is 1. The molecule has 158 valence electrons. The molecule has 1 amide bonds. The van der Waals surface area contributed by atoms with Crippen LogP contribution in [-0.2, 0) is 9.59 Å². The zero-order valence-corrected chi connectivity index (χ0v) is 18.3. The second kappa shape index (κ2) is 11.1. The maximum atomic E-state index is 11.8. The van der Waals surface area contributed by atoms with Gasteiger partial charge in [-0.2, -0.15) is 5.10 Å². The van der Waals surface area contributed by atoms with Gasteiger partial charge in [0.25, 0.3) is 5.91 Å². The third-order valence-electron chi connectivity index (χ3n) is 3.68. The molecule has 0 saturated carbocycles. The molecule has 0 aliphatic heterocycles. The summed E-state index contributed by atoms with van der Waals surface area (Å²) in [6.45, 7) is -0.210. The Labute approximate surface area is 191 Å². The molecule has 0 aliphatic carbocycles. The third kappa shape index (κ3) is 7.44. The second-order valence-electron chi connectivity index (χ2n) is 6.00. The highest BCUT2D eigenvalue weighted by Crippen LogP contribution is 2.27. The van der Waals surface area contributed by atoms with E-state index in [4.69, 9.17) is 25.5 Å². The van der Waals surface area contributed by atoms with E-state index in [0.29, 0.717) is 32.3 Å². The van der Waals surface area contributed by atoms with Crippen LogP contribution in [0.5, 0.6) is 11.5 Å². The van der Waals surface area contributed by atoms with Crippen LogP contribution in [0.2, 0.25) is 5.02 Å². The lowest BCUT2D eigenvalue weighted by molar-refractivity contribution is -0.129. The Morgan fingerprint density at radius 2 is 1.97 bits per heavy atom. The number of hydrazone groups is 1. The van der Waals surface area contributed by atoms with Crippen molar-refractivity contribution in [1.82, 2.24) is 5.43 Å². The number of benzene rings is 2. The fourth-order valence-electron chi connectivity index (χ4n) is 2.26. The van der Waals surface area contributed by atoms with Gasteiger partial charge in [-0.1, -0.05) is 11.6 Å². The van der Waals surface area contributed by atoms with Crippen molar-refractivity contribution in [2.75, 3.05) is 6.61 Å². The van der Waals surface area contributed by atoms with Gasteiger partial charge in [0, 0.05) is 11.1 Å². The van der Waals surface area contributed by atoms with Crippen LogP contribution in [0, 0.1) is 0 Å². The van der Waals surface area contributed by atoms with Gasteiger partial charge in [0.1, 0.15) is 17.3 Å². The van der Waals surface area contributed by atoms with E-state index in [-0.39, 0.29) is 6.61 Å². The minimum absolute atomic E-state index is 0.210. The van der Waals surface area contributed by atoms with E-state index in [9.17, 15) is 9.59 Å². The molecule has 0 aliphatic rings. The number of carbonyl (C=O) groups is 2. The Hall–Kier alpha value is -3.36. The Morgan fingerprint density at radius 1 is 1.16 bits per heavy atom. The molecule has 1 N–H and O–H groups in total. The van der Waals surface area contributed by atoms with Crippen LogP contribution in [0.1, 0.15) is 11.3 Å². The van der Waals surface area contributed by atoms with E-state index in [1.807, 2.05) is 0 Å². The van der Waals surface area contributed by atoms with Crippen LogP contribution < -0.4 is 14.9 Å². The lowest BCUT2D eigenvalue weighted by atomic mass is 10.2. The van der Waals surface area contributed by atoms with Gasteiger partial charge in [0.2, 0.25) is 0 Å². The van der Waals surface area contributed by atoms with Crippen molar-refractivity contribution >= 4 is 51.7 Å². The normalized spacial score (nSPS) is 11.0. The summed E-state index contributed by atoms with van der Waals surface area (Å²) in [4.78, 5) is 23.6. The first kappa shape index (κ1) is 22.3. The van der Waals surface area contributed by atoms with Gasteiger partial charge in [-0.05, 0) is 82.2 Å². The summed E-state index contributed by atoms with van der Waals surface area (Å²) in [5.41, 5.74) is 3.07. The summed E-state index contributed by atoms with van der Waals surface area (Å²) < 4.78 is 16.3. The monoisotopic (exact) mass is 502 g/mol. The number of carbonyl (C=O) groups excluding carboxylic acids is 2. The number of nitrogens with zero attached hydrogens (tertiary/aromatic N) is 1. The summed E-state index contributed by atoms with van der Waals surface area (Å²) in [6, 6.07) is 15.0. The number of ether oxygens (including phenoxy) is 2. The summed E-state index contributed by atoms with van der Waals surface area (Å²) >= 11 is 9.17. The molecule has 0 spiro atoms. The van der Waals surface area contributed by atoms with Crippen molar-refractivity contribution in [1.29, 1.82) is 0 Å². The average molecular weight is 504 g/mol. The van der Waals surface area contributed by atoms with Crippen LogP contribution in [0.4, 0.5) is 0 Å². The van der Waals surface area contributed by atoms with E-state index in [1.165, 1.54) is 24.6 Å². The van der Waals surface area contributed by atoms with Gasteiger partial charge < -0.3 is 13.9 Å². The molecule has 0 radical (unpaired) electrons. The predicted octanol–water partition coefficient (Wildman–Crippen LogP) is 4.84. The van der Waals surface area contributed by atoms with E-state index in [1.54, 1.807) is 54.6 Å². The predicted molar refractivity (Wildman–Crippen MR) is 120 cm³/mol. The summed E-state index contributed by atoms with van der Waals surface area (Å²) in [6.07, 6.45) is 5.76. The molecular weight excluding hydrogens is 488 g/mol. The number of hydrogen-bond acceptors (Lipinski definition) is 6. The highest BCUT2D eigenvalue weighted by molar-refractivity contribution is 9.10. The SMILES string of the molecule is O=C(COc1ccc(Cl)cc1Br)N/N=C\c1ccc(OC(=O)/C=C/c2ccco2)cc1. The van der Waals surface area contributed by atoms with Crippen LogP contribution in [-0.4, -0.2) is 24.7 Å². The van der Waals surface area contributed by atoms with Gasteiger partial charge in [-0.25, -0.2) is 10.2 Å². The van der Waals surface area contributed by atoms with E-state index < -0.39 is 11.9 Å². The average Bonchev–Trinajstić information content (AvgIpc) is 3.27. The maximum Gasteiger partial charge on any atom is 0.336 e. The fourth-order valence-corrected chi connectivity index (χ4v) is 3.05. The second-order valence-corrected chi connectivity index (χ2v) is 7.29. The number of rotatable bonds is 8. The number of esters is 1. The minimum atomic E-state index is -0.530. The first-order chi connectivity index (χ1) is 15.0. The summed E-state index contributed by atoms with van der Waals surface area (Å²) in [5.74, 6) is 0.464. The lowest BCUT2D eigenvalue weighted by Gasteiger charge is -2.07. The van der Waals surface area contributed by atoms with E-state index >= 15 is 0 Å². The molecule has 3 rings (SSSR count). The highest BCUT2D eigenvalue weighted by atomic mass is 79.9. The van der Waals surface area contributed by atoms with Crippen LogP contribution in [0.15, 0.2) is 80.9 Å². The molecule has 1 aromatic heterocycles. The van der Waals surface area contributed by atoms with Crippen molar-refractivity contribution < 1.29 is 23.5 Å². The Morgan fingerprint density at radius 3 is 2.68 bits per heavy atom. The van der Waals surface area contributed by atoms with Gasteiger partial charge >= 0.3 is 5.97 Å². The van der Waals surface area contributed by atoms with Crippen LogP contribution in [0.25, 0.3) is 6.08 Å². The quantitative estimate of drug-likeness (QED) is 0.156. The Kier molecular flexibility index (Phi) is 8.03. The molecule has 31 heavy (non-hydrogen) atoms. The van der Waals surface area contributed by atoms with E-state index in [2.05, 4.69) is 26.5 Å². The number of halogens is 2. The molecule has 0 atom stereocenters. The number of amides is 1. The van der Waals surface area contributed by atoms with Crippen molar-refractivity contribution in [3.63, 3.8) is 0 Å². The molecule has 7 nitrogen and oxygen atoms in total. The lowest BCUT2D eigenvalue weighted by Crippen LogP contribution is -2.24. The highest BCUT2D eigenvalue weighted by Gasteiger charge is 2.06. The fraction of sp³-hybridized carbons (Fsp3) is 0.0455. The molecule has 0 bridgehead atoms. The smallest absolute Gasteiger partial charge is 0.336 e. The molecule has 0 fully saturated rings. The van der Waals surface area contributed by atoms with Gasteiger partial charge in [-0.3, -0.25) is 4.79 Å². The summed E-state index contributed by atoms with van der Waals surface area (Å²) in [5, 5.41) is 4.43. The standard InChI is InChI=1S/C22H16BrClN2O5/c23-19-12-16(24)5-9-20(19)30-14-21(27)26-25-13-15-3-6-18(7-4-15)31-22(28)10-8-17-2-1-11-29-17/h1-13H,14H2,(H,26,27)/b10-8+,25-13-. The maximum absolute atomic E-state index is 11.8. The molecule has 9 heteroatoms. The van der Waals surface area contributed by atoms with Crippen molar-refractivity contribution in [3.8, 4) is 11.5 Å². The van der Waals surface area contributed by atoms with Crippen molar-refractivity contribution in [3.05, 3.63) is 87.8 Å². The molecule has 0 unspecified atom stereocenters. The molecular formula is C22H16BrClN2O5. The topological polar surface area (TPSA) is 90.1 Å². The molecule has 1 heterocycles. The Balaban J connectivity index is 1.43. The van der Waals surface area contributed by atoms with Gasteiger partial charge in [0.15, 0.2) is 6.61 Å². The molecule has 0 saturated heterocycles.